The van der Waals surface area contributed by atoms with Gasteiger partial charge in [0.25, 0.3) is 0 Å². The van der Waals surface area contributed by atoms with Gasteiger partial charge in [-0.3, -0.25) is 4.79 Å². The quantitative estimate of drug-likeness (QED) is 0.414. The number of amides is 1. The predicted octanol–water partition coefficient (Wildman–Crippen LogP) is 1.99. The highest BCUT2D eigenvalue weighted by Gasteiger charge is 2.38. The molecule has 0 spiro atoms. The van der Waals surface area contributed by atoms with Gasteiger partial charge >= 0.3 is 18.1 Å². The fraction of sp³-hybridized carbons (Fsp3) is 0.389. The highest BCUT2D eigenvalue weighted by Crippen LogP contribution is 2.19. The van der Waals surface area contributed by atoms with Crippen LogP contribution in [0.3, 0.4) is 0 Å². The third-order valence-electron chi connectivity index (χ3n) is 3.93. The molecule has 30 heavy (non-hydrogen) atoms. The number of carbonyl (C=O) groups is 3. The summed E-state index contributed by atoms with van der Waals surface area (Å²) in [5.74, 6) is -3.49. The SMILES string of the molecule is CSCC[C@H](N)C(=O)N[C@@H](Cc1c[nH]c2ccccc12)C(=O)O.O=C(O)C(F)(F)F. The summed E-state index contributed by atoms with van der Waals surface area (Å²) in [6, 6.07) is 5.96. The van der Waals surface area contributed by atoms with Gasteiger partial charge in [0, 0.05) is 23.5 Å². The normalized spacial score (nSPS) is 13.1. The Morgan fingerprint density at radius 2 is 1.83 bits per heavy atom. The first-order valence-corrected chi connectivity index (χ1v) is 9.99. The standard InChI is InChI=1S/C16H21N3O3S.C2HF3O2/c1-23-7-6-12(17)15(20)19-14(16(21)22)8-10-9-18-13-5-3-2-4-11(10)13;3-2(4,5)1(6)7/h2-5,9,12,14,18H,6-8,17H2,1H3,(H,19,20)(H,21,22);(H,6,7)/t12-,14-;/m0./s1. The number of carboxylic acids is 2. The Hall–Kier alpha value is -2.73. The summed E-state index contributed by atoms with van der Waals surface area (Å²) >= 11 is 1.60. The number of halogens is 3. The van der Waals surface area contributed by atoms with Gasteiger partial charge in [-0.2, -0.15) is 24.9 Å². The van der Waals surface area contributed by atoms with Crippen LogP contribution in [0, 0.1) is 0 Å². The van der Waals surface area contributed by atoms with Crippen LogP contribution in [0.25, 0.3) is 10.9 Å². The van der Waals surface area contributed by atoms with Crippen molar-refractivity contribution in [1.82, 2.24) is 10.3 Å². The second-order valence-corrected chi connectivity index (χ2v) is 7.14. The first-order valence-electron chi connectivity index (χ1n) is 8.60. The zero-order valence-electron chi connectivity index (χ0n) is 15.9. The second kappa shape index (κ2) is 11.5. The third-order valence-corrected chi connectivity index (χ3v) is 4.57. The lowest BCUT2D eigenvalue weighted by molar-refractivity contribution is -0.192. The van der Waals surface area contributed by atoms with E-state index in [0.29, 0.717) is 6.42 Å². The van der Waals surface area contributed by atoms with Crippen LogP contribution in [0.2, 0.25) is 0 Å². The van der Waals surface area contributed by atoms with Gasteiger partial charge in [0.2, 0.25) is 5.91 Å². The topological polar surface area (TPSA) is 146 Å². The maximum absolute atomic E-state index is 12.0. The van der Waals surface area contributed by atoms with Crippen molar-refractivity contribution in [3.8, 4) is 0 Å². The van der Waals surface area contributed by atoms with Gasteiger partial charge in [-0.05, 0) is 30.1 Å². The summed E-state index contributed by atoms with van der Waals surface area (Å²) in [6.07, 6.45) is -0.644. The Labute approximate surface area is 174 Å². The molecule has 1 aromatic heterocycles. The highest BCUT2D eigenvalue weighted by atomic mass is 32.2. The number of carboxylic acid groups (broad SMARTS) is 2. The Kier molecular flexibility index (Phi) is 9.66. The first-order chi connectivity index (χ1) is 14.0. The van der Waals surface area contributed by atoms with Crippen molar-refractivity contribution in [3.63, 3.8) is 0 Å². The number of nitrogens with one attached hydrogen (secondary N) is 2. The zero-order valence-corrected chi connectivity index (χ0v) is 16.7. The number of hydrogen-bond acceptors (Lipinski definition) is 5. The Morgan fingerprint density at radius 1 is 1.23 bits per heavy atom. The molecule has 8 nitrogen and oxygen atoms in total. The molecule has 0 bridgehead atoms. The summed E-state index contributed by atoms with van der Waals surface area (Å²) in [4.78, 5) is 35.5. The number of aromatic nitrogens is 1. The van der Waals surface area contributed by atoms with E-state index in [9.17, 15) is 27.9 Å². The van der Waals surface area contributed by atoms with Crippen molar-refractivity contribution in [2.75, 3.05) is 12.0 Å². The molecular weight excluding hydrogens is 427 g/mol. The molecule has 0 aliphatic heterocycles. The number of carbonyl (C=O) groups excluding carboxylic acids is 1. The average molecular weight is 449 g/mol. The molecule has 12 heteroatoms. The highest BCUT2D eigenvalue weighted by molar-refractivity contribution is 7.98. The van der Waals surface area contributed by atoms with Gasteiger partial charge in [-0.25, -0.2) is 9.59 Å². The molecule has 0 unspecified atom stereocenters. The van der Waals surface area contributed by atoms with E-state index in [2.05, 4.69) is 10.3 Å². The van der Waals surface area contributed by atoms with E-state index in [1.54, 1.807) is 18.0 Å². The molecule has 0 saturated heterocycles. The average Bonchev–Trinajstić information content (AvgIpc) is 3.08. The van der Waals surface area contributed by atoms with Crippen molar-refractivity contribution in [3.05, 3.63) is 36.0 Å². The lowest BCUT2D eigenvalue weighted by Crippen LogP contribution is -2.49. The first kappa shape index (κ1) is 25.3. The minimum absolute atomic E-state index is 0.209. The van der Waals surface area contributed by atoms with Crippen LogP contribution in [0.4, 0.5) is 13.2 Å². The largest absolute Gasteiger partial charge is 0.490 e. The number of alkyl halides is 3. The summed E-state index contributed by atoms with van der Waals surface area (Å²) in [5.41, 5.74) is 7.58. The second-order valence-electron chi connectivity index (χ2n) is 6.15. The smallest absolute Gasteiger partial charge is 0.480 e. The van der Waals surface area contributed by atoms with Crippen molar-refractivity contribution in [2.45, 2.75) is 31.1 Å². The number of aliphatic carboxylic acids is 2. The van der Waals surface area contributed by atoms with E-state index in [1.165, 1.54) is 0 Å². The number of rotatable bonds is 8. The summed E-state index contributed by atoms with van der Waals surface area (Å²) in [6.45, 7) is 0. The van der Waals surface area contributed by atoms with Crippen molar-refractivity contribution in [1.29, 1.82) is 0 Å². The van der Waals surface area contributed by atoms with Crippen LogP contribution in [0.5, 0.6) is 0 Å². The molecule has 2 atom stereocenters. The van der Waals surface area contributed by atoms with Gasteiger partial charge in [0.15, 0.2) is 0 Å². The molecule has 2 aromatic rings. The fourth-order valence-corrected chi connectivity index (χ4v) is 2.86. The number of aromatic amines is 1. The molecule has 0 radical (unpaired) electrons. The molecule has 2 rings (SSSR count). The van der Waals surface area contributed by atoms with E-state index in [4.69, 9.17) is 15.6 Å². The lowest BCUT2D eigenvalue weighted by Gasteiger charge is -2.17. The van der Waals surface area contributed by atoms with Crippen LogP contribution in [-0.4, -0.2) is 63.3 Å². The van der Waals surface area contributed by atoms with Gasteiger partial charge in [0.1, 0.15) is 6.04 Å². The minimum Gasteiger partial charge on any atom is -0.480 e. The third kappa shape index (κ3) is 7.95. The van der Waals surface area contributed by atoms with E-state index < -0.39 is 36.1 Å². The molecule has 6 N–H and O–H groups in total. The van der Waals surface area contributed by atoms with Crippen LogP contribution in [-0.2, 0) is 20.8 Å². The van der Waals surface area contributed by atoms with Crippen molar-refractivity contribution in [2.24, 2.45) is 5.73 Å². The molecular formula is C18H22F3N3O5S. The van der Waals surface area contributed by atoms with Crippen molar-refractivity contribution >= 4 is 40.5 Å². The maximum Gasteiger partial charge on any atom is 0.490 e. The van der Waals surface area contributed by atoms with Crippen LogP contribution in [0.15, 0.2) is 30.5 Å². The van der Waals surface area contributed by atoms with Crippen LogP contribution < -0.4 is 11.1 Å². The fourth-order valence-electron chi connectivity index (χ4n) is 2.38. The van der Waals surface area contributed by atoms with E-state index in [1.807, 2.05) is 30.5 Å². The van der Waals surface area contributed by atoms with Crippen LogP contribution in [0.1, 0.15) is 12.0 Å². The van der Waals surface area contributed by atoms with Gasteiger partial charge < -0.3 is 26.2 Å². The zero-order chi connectivity index (χ0) is 22.9. The van der Waals surface area contributed by atoms with Gasteiger partial charge in [-0.1, -0.05) is 18.2 Å². The molecule has 1 aromatic carbocycles. The Balaban J connectivity index is 0.000000553. The van der Waals surface area contributed by atoms with E-state index in [-0.39, 0.29) is 6.42 Å². The number of benzene rings is 1. The number of H-pyrrole nitrogens is 1. The van der Waals surface area contributed by atoms with Crippen LogP contribution >= 0.6 is 11.8 Å². The summed E-state index contributed by atoms with van der Waals surface area (Å²) < 4.78 is 31.7. The monoisotopic (exact) mass is 449 g/mol. The minimum atomic E-state index is -5.08. The molecule has 0 fully saturated rings. The van der Waals surface area contributed by atoms with Crippen molar-refractivity contribution < 1.29 is 37.8 Å². The lowest BCUT2D eigenvalue weighted by atomic mass is 10.0. The molecule has 1 amide bonds. The van der Waals surface area contributed by atoms with Gasteiger partial charge in [-0.15, -0.1) is 0 Å². The maximum atomic E-state index is 12.0. The molecule has 166 valence electrons. The summed E-state index contributed by atoms with van der Waals surface area (Å²) in [5, 5.41) is 20.0. The number of hydrogen-bond donors (Lipinski definition) is 5. The van der Waals surface area contributed by atoms with E-state index in [0.717, 1.165) is 22.2 Å². The Bertz CT molecular complexity index is 872. The van der Waals surface area contributed by atoms with E-state index >= 15 is 0 Å². The summed E-state index contributed by atoms with van der Waals surface area (Å²) in [7, 11) is 0. The number of para-hydroxylation sites is 1. The number of nitrogens with two attached hydrogens (primary N) is 1. The number of fused-ring (bicyclic) bond motifs is 1. The molecule has 1 heterocycles. The Morgan fingerprint density at radius 3 is 2.37 bits per heavy atom. The van der Waals surface area contributed by atoms with Gasteiger partial charge in [0.05, 0.1) is 6.04 Å². The number of thioether (sulfide) groups is 1. The molecule has 0 saturated carbocycles. The molecule has 0 aliphatic carbocycles. The molecule has 0 aliphatic rings. The predicted molar refractivity (Wildman–Crippen MR) is 106 cm³/mol.